The zero-order chi connectivity index (χ0) is 22.6. The van der Waals surface area contributed by atoms with Crippen LogP contribution in [0.3, 0.4) is 0 Å². The summed E-state index contributed by atoms with van der Waals surface area (Å²) in [5, 5.41) is 6.48. The van der Waals surface area contributed by atoms with E-state index in [0.29, 0.717) is 16.4 Å². The minimum Gasteiger partial charge on any atom is -0.299 e. The molecule has 9 heteroatoms. The number of amides is 1. The van der Waals surface area contributed by atoms with Crippen LogP contribution in [0.25, 0.3) is 5.69 Å². The summed E-state index contributed by atoms with van der Waals surface area (Å²) in [5.74, 6) is 0.00980. The van der Waals surface area contributed by atoms with Gasteiger partial charge in [-0.2, -0.15) is 0 Å². The smallest absolute Gasteiger partial charge is 0.269 e. The summed E-state index contributed by atoms with van der Waals surface area (Å²) >= 11 is 1.42. The van der Waals surface area contributed by atoms with Gasteiger partial charge >= 0.3 is 0 Å². The molecule has 5 rings (SSSR count). The van der Waals surface area contributed by atoms with Gasteiger partial charge in [0.15, 0.2) is 11.6 Å². The Morgan fingerprint density at radius 3 is 2.59 bits per heavy atom. The number of rotatable bonds is 6. The molecule has 1 aliphatic rings. The number of anilines is 1. The maximum absolute atomic E-state index is 14.2. The molecule has 3 aromatic heterocycles. The van der Waals surface area contributed by atoms with Crippen molar-refractivity contribution < 1.29 is 9.18 Å². The van der Waals surface area contributed by atoms with Crippen molar-refractivity contribution in [1.29, 1.82) is 0 Å². The summed E-state index contributed by atoms with van der Waals surface area (Å²) in [6.07, 6.45) is 6.07. The zero-order valence-electron chi connectivity index (χ0n) is 18.6. The van der Waals surface area contributed by atoms with Crippen molar-refractivity contribution in [3.05, 3.63) is 94.8 Å². The highest BCUT2D eigenvalue weighted by Crippen LogP contribution is 2.27. The van der Waals surface area contributed by atoms with Crippen LogP contribution in [0.15, 0.2) is 78.6 Å². The van der Waals surface area contributed by atoms with E-state index in [1.54, 1.807) is 23.2 Å². The third kappa shape index (κ3) is 5.10. The van der Waals surface area contributed by atoms with Crippen molar-refractivity contribution in [2.24, 2.45) is 0 Å². The van der Waals surface area contributed by atoms with Crippen molar-refractivity contribution in [1.82, 2.24) is 19.7 Å². The molecule has 0 saturated carbocycles. The minimum absolute atomic E-state index is 0. The van der Waals surface area contributed by atoms with Crippen molar-refractivity contribution in [2.75, 3.05) is 18.0 Å². The first-order chi connectivity index (χ1) is 16.2. The highest BCUT2D eigenvalue weighted by Gasteiger charge is 2.32. The number of benzene rings is 1. The molecule has 1 aliphatic heterocycles. The van der Waals surface area contributed by atoms with E-state index in [-0.39, 0.29) is 20.4 Å². The van der Waals surface area contributed by atoms with E-state index < -0.39 is 5.82 Å². The molecule has 0 spiro atoms. The fourth-order valence-electron chi connectivity index (χ4n) is 4.28. The first kappa shape index (κ1) is 23.8. The van der Waals surface area contributed by atoms with Crippen LogP contribution in [0, 0.1) is 5.82 Å². The topological polar surface area (TPSA) is 54.3 Å². The van der Waals surface area contributed by atoms with E-state index >= 15 is 0 Å². The lowest BCUT2D eigenvalue weighted by Crippen LogP contribution is -2.47. The molecule has 1 saturated heterocycles. The number of hydrogen-bond acceptors (Lipinski definition) is 5. The van der Waals surface area contributed by atoms with Crippen molar-refractivity contribution in [3.63, 3.8) is 0 Å². The van der Waals surface area contributed by atoms with Crippen LogP contribution in [0.2, 0.25) is 0 Å². The molecule has 3 radical (unpaired) electrons. The van der Waals surface area contributed by atoms with Gasteiger partial charge < -0.3 is 0 Å². The van der Waals surface area contributed by atoms with Gasteiger partial charge in [-0.05, 0) is 35.9 Å². The van der Waals surface area contributed by atoms with E-state index in [1.807, 2.05) is 23.6 Å². The molecule has 1 fully saturated rings. The Labute approximate surface area is 204 Å². The van der Waals surface area contributed by atoms with E-state index in [4.69, 9.17) is 0 Å². The molecule has 34 heavy (non-hydrogen) atoms. The lowest BCUT2D eigenvalue weighted by Gasteiger charge is -2.37. The second kappa shape index (κ2) is 10.8. The average molecular weight is 472 g/mol. The molecular formula is C25H24BFN5OS. The van der Waals surface area contributed by atoms with Crippen LogP contribution < -0.4 is 4.90 Å². The Balaban J connectivity index is 0.00000274. The second-order valence-corrected chi connectivity index (χ2v) is 9.04. The largest absolute Gasteiger partial charge is 0.299 e. The summed E-state index contributed by atoms with van der Waals surface area (Å²) in [6, 6.07) is 17.5. The van der Waals surface area contributed by atoms with E-state index in [2.05, 4.69) is 39.2 Å². The summed E-state index contributed by atoms with van der Waals surface area (Å²) in [4.78, 5) is 22.2. The first-order valence-electron chi connectivity index (χ1n) is 11.0. The summed E-state index contributed by atoms with van der Waals surface area (Å²) in [6.45, 7) is 2.70. The van der Waals surface area contributed by atoms with Gasteiger partial charge in [-0.15, -0.1) is 16.4 Å². The van der Waals surface area contributed by atoms with E-state index in [0.717, 1.165) is 38.7 Å². The van der Waals surface area contributed by atoms with Crippen LogP contribution in [0.4, 0.5) is 10.2 Å². The first-order valence-corrected chi connectivity index (χ1v) is 11.9. The number of pyridine rings is 1. The number of carbonyl (C=O) groups excluding carboxylic acids is 1. The third-order valence-corrected chi connectivity index (χ3v) is 6.80. The molecule has 1 amide bonds. The molecule has 0 aliphatic carbocycles. The summed E-state index contributed by atoms with van der Waals surface area (Å²) in [7, 11) is 0. The Morgan fingerprint density at radius 2 is 1.88 bits per heavy atom. The second-order valence-electron chi connectivity index (χ2n) is 8.09. The number of halogens is 1. The Morgan fingerprint density at radius 1 is 1.09 bits per heavy atom. The van der Waals surface area contributed by atoms with Crippen LogP contribution >= 0.6 is 11.3 Å². The average Bonchev–Trinajstić information content (AvgIpc) is 3.54. The fourth-order valence-corrected chi connectivity index (χ4v) is 4.94. The van der Waals surface area contributed by atoms with Gasteiger partial charge in [0.25, 0.3) is 5.91 Å². The number of carbonyl (C=O) groups is 1. The predicted octanol–water partition coefficient (Wildman–Crippen LogP) is 4.40. The highest BCUT2D eigenvalue weighted by atomic mass is 32.1. The van der Waals surface area contributed by atoms with E-state index in [1.165, 1.54) is 27.8 Å². The standard InChI is InChI=1S/C25H24FN5OS.B/c26-21-17-27-12-8-22(21)30-15-11-24(28-30)31(25(32)23-7-4-16-33-23)20-9-13-29(14-10-20)18-19-5-2-1-3-6-19;/h1-8,11-12,15-17,20H,9-10,13-14,18H2;. The van der Waals surface area contributed by atoms with Gasteiger partial charge in [0.2, 0.25) is 0 Å². The normalized spacial score (nSPS) is 14.5. The molecule has 0 unspecified atom stereocenters. The lowest BCUT2D eigenvalue weighted by molar-refractivity contribution is 0.0961. The minimum atomic E-state index is -0.461. The fraction of sp³-hybridized carbons (Fsp3) is 0.240. The van der Waals surface area contributed by atoms with Crippen LogP contribution in [-0.2, 0) is 6.54 Å². The highest BCUT2D eigenvalue weighted by molar-refractivity contribution is 7.12. The molecule has 0 bridgehead atoms. The van der Waals surface area contributed by atoms with Crippen LogP contribution in [0.5, 0.6) is 0 Å². The molecule has 4 aromatic rings. The molecular weight excluding hydrogens is 448 g/mol. The van der Waals surface area contributed by atoms with Crippen molar-refractivity contribution in [2.45, 2.75) is 25.4 Å². The number of thiophene rings is 1. The number of likely N-dealkylation sites (tertiary alicyclic amines) is 1. The monoisotopic (exact) mass is 472 g/mol. The van der Waals surface area contributed by atoms with Gasteiger partial charge in [-0.1, -0.05) is 36.4 Å². The van der Waals surface area contributed by atoms with Gasteiger partial charge in [0.1, 0.15) is 5.69 Å². The zero-order valence-corrected chi connectivity index (χ0v) is 19.4. The summed E-state index contributed by atoms with van der Waals surface area (Å²) < 4.78 is 15.7. The Kier molecular flexibility index (Phi) is 7.54. The Hall–Kier alpha value is -3.30. The predicted molar refractivity (Wildman–Crippen MR) is 133 cm³/mol. The van der Waals surface area contributed by atoms with Gasteiger partial charge in [0, 0.05) is 52.5 Å². The number of nitrogens with zero attached hydrogens (tertiary/aromatic N) is 5. The molecule has 1 aromatic carbocycles. The quantitative estimate of drug-likeness (QED) is 0.391. The molecule has 0 atom stereocenters. The number of hydrogen-bond donors (Lipinski definition) is 0. The van der Waals surface area contributed by atoms with E-state index in [9.17, 15) is 9.18 Å². The maximum atomic E-state index is 14.2. The summed E-state index contributed by atoms with van der Waals surface area (Å²) in [5.41, 5.74) is 1.60. The van der Waals surface area contributed by atoms with Gasteiger partial charge in [0.05, 0.1) is 11.1 Å². The molecule has 6 nitrogen and oxygen atoms in total. The molecule has 171 valence electrons. The Bertz CT molecular complexity index is 1210. The van der Waals surface area contributed by atoms with Gasteiger partial charge in [-0.3, -0.25) is 19.6 Å². The van der Waals surface area contributed by atoms with Crippen LogP contribution in [0.1, 0.15) is 28.1 Å². The third-order valence-electron chi connectivity index (χ3n) is 5.94. The lowest BCUT2D eigenvalue weighted by atomic mass is 10.0. The van der Waals surface area contributed by atoms with Gasteiger partial charge in [-0.25, -0.2) is 9.07 Å². The maximum Gasteiger partial charge on any atom is 0.269 e. The van der Waals surface area contributed by atoms with Crippen LogP contribution in [-0.4, -0.2) is 53.1 Å². The number of piperidine rings is 1. The SMILES string of the molecule is O=C(c1cccs1)N(c1ccn(-c2ccncc2F)n1)C1CCN(Cc2ccccc2)CC1.[B]. The molecule has 0 N–H and O–H groups in total. The number of aromatic nitrogens is 3. The van der Waals surface area contributed by atoms with Crippen molar-refractivity contribution >= 4 is 31.5 Å². The van der Waals surface area contributed by atoms with Crippen molar-refractivity contribution in [3.8, 4) is 5.69 Å². The molecule has 4 heterocycles.